The fourth-order valence-electron chi connectivity index (χ4n) is 3.36. The average Bonchev–Trinajstić information content (AvgIpc) is 3.43. The van der Waals surface area contributed by atoms with Crippen molar-refractivity contribution >= 4 is 34.4 Å². The first-order valence-corrected chi connectivity index (χ1v) is 10.4. The number of hydrogen-bond acceptors (Lipinski definition) is 3. The van der Waals surface area contributed by atoms with Crippen molar-refractivity contribution in [3.8, 4) is 10.6 Å². The van der Waals surface area contributed by atoms with Gasteiger partial charge >= 0.3 is 0 Å². The first-order chi connectivity index (χ1) is 14.3. The lowest BCUT2D eigenvalue weighted by molar-refractivity contribution is 0.689. The zero-order valence-corrected chi connectivity index (χ0v) is 16.6. The lowest BCUT2D eigenvalue weighted by Crippen LogP contribution is -1.99. The second-order valence-corrected chi connectivity index (χ2v) is 7.80. The molecule has 0 amide bonds. The van der Waals surface area contributed by atoms with Gasteiger partial charge in [0.05, 0.1) is 22.6 Å². The van der Waals surface area contributed by atoms with Crippen LogP contribution in [0.2, 0.25) is 0 Å². The second-order valence-electron chi connectivity index (χ2n) is 6.86. The minimum absolute atomic E-state index is 0.751. The molecule has 0 fully saturated rings. The van der Waals surface area contributed by atoms with Crippen molar-refractivity contribution in [1.29, 1.82) is 0 Å². The van der Waals surface area contributed by atoms with E-state index in [-0.39, 0.29) is 0 Å². The molecular weight excluding hydrogens is 374 g/mol. The molecule has 29 heavy (non-hydrogen) atoms. The van der Waals surface area contributed by atoms with Gasteiger partial charge in [-0.1, -0.05) is 60.7 Å². The van der Waals surface area contributed by atoms with E-state index in [9.17, 15) is 0 Å². The van der Waals surface area contributed by atoms with Gasteiger partial charge in [-0.05, 0) is 41.3 Å². The van der Waals surface area contributed by atoms with Gasteiger partial charge in [-0.3, -0.25) is 4.68 Å². The van der Waals surface area contributed by atoms with Gasteiger partial charge in [0.1, 0.15) is 5.69 Å². The van der Waals surface area contributed by atoms with Crippen molar-refractivity contribution in [1.82, 2.24) is 14.8 Å². The van der Waals surface area contributed by atoms with Gasteiger partial charge in [-0.2, -0.15) is 5.10 Å². The predicted molar refractivity (Wildman–Crippen MR) is 122 cm³/mol. The summed E-state index contributed by atoms with van der Waals surface area (Å²) in [5.74, 6) is 0. The number of hydrogen-bond donors (Lipinski definition) is 0. The van der Waals surface area contributed by atoms with Gasteiger partial charge < -0.3 is 0 Å². The molecule has 0 spiro atoms. The fraction of sp³-hybridized carbons (Fsp3) is 0.0400. The summed E-state index contributed by atoms with van der Waals surface area (Å²) in [6.45, 7) is 0.751. The van der Waals surface area contributed by atoms with Crippen molar-refractivity contribution in [2.24, 2.45) is 0 Å². The Labute approximate surface area is 173 Å². The first-order valence-electron chi connectivity index (χ1n) is 9.54. The number of pyridine rings is 1. The zero-order chi connectivity index (χ0) is 19.5. The van der Waals surface area contributed by atoms with Crippen LogP contribution in [0, 0.1) is 0 Å². The molecule has 0 atom stereocenters. The highest BCUT2D eigenvalue weighted by molar-refractivity contribution is 7.13. The summed E-state index contributed by atoms with van der Waals surface area (Å²) in [6.07, 6.45) is 6.29. The van der Waals surface area contributed by atoms with Crippen LogP contribution in [0.1, 0.15) is 16.8 Å². The molecule has 0 bridgehead atoms. The van der Waals surface area contributed by atoms with E-state index in [0.29, 0.717) is 0 Å². The number of fused-ring (bicyclic) bond motifs is 1. The molecule has 0 saturated heterocycles. The van der Waals surface area contributed by atoms with Crippen molar-refractivity contribution in [2.45, 2.75) is 6.54 Å². The van der Waals surface area contributed by atoms with Gasteiger partial charge in [0.25, 0.3) is 0 Å². The molecule has 3 nitrogen and oxygen atoms in total. The quantitative estimate of drug-likeness (QED) is 0.347. The molecular formula is C25H19N3S. The molecule has 0 N–H and O–H groups in total. The molecule has 3 aromatic heterocycles. The van der Waals surface area contributed by atoms with Crippen molar-refractivity contribution in [3.05, 3.63) is 107 Å². The topological polar surface area (TPSA) is 30.7 Å². The summed E-state index contributed by atoms with van der Waals surface area (Å²) in [5.41, 5.74) is 5.29. The highest BCUT2D eigenvalue weighted by Crippen LogP contribution is 2.28. The van der Waals surface area contributed by atoms with Gasteiger partial charge in [0.2, 0.25) is 0 Å². The van der Waals surface area contributed by atoms with Gasteiger partial charge in [-0.25, -0.2) is 4.98 Å². The number of nitrogens with zero attached hydrogens (tertiary/aromatic N) is 3. The lowest BCUT2D eigenvalue weighted by Gasteiger charge is -2.00. The van der Waals surface area contributed by atoms with Gasteiger partial charge in [-0.15, -0.1) is 11.3 Å². The fourth-order valence-corrected chi connectivity index (χ4v) is 4.10. The van der Waals surface area contributed by atoms with Crippen LogP contribution in [0.15, 0.2) is 90.4 Å². The Morgan fingerprint density at radius 3 is 2.55 bits per heavy atom. The molecule has 2 aromatic carbocycles. The lowest BCUT2D eigenvalue weighted by atomic mass is 10.1. The Morgan fingerprint density at radius 1 is 0.828 bits per heavy atom. The molecule has 5 rings (SSSR count). The maximum Gasteiger partial charge on any atom is 0.109 e. The Morgan fingerprint density at radius 2 is 1.69 bits per heavy atom. The second kappa shape index (κ2) is 7.86. The molecule has 4 heteroatoms. The molecule has 0 radical (unpaired) electrons. The Kier molecular flexibility index (Phi) is 4.76. The summed E-state index contributed by atoms with van der Waals surface area (Å²) < 4.78 is 2.01. The average molecular weight is 394 g/mol. The van der Waals surface area contributed by atoms with Crippen molar-refractivity contribution in [2.75, 3.05) is 0 Å². The van der Waals surface area contributed by atoms with Crippen LogP contribution in [0.3, 0.4) is 0 Å². The summed E-state index contributed by atoms with van der Waals surface area (Å²) >= 11 is 1.71. The van der Waals surface area contributed by atoms with Crippen LogP contribution >= 0.6 is 11.3 Å². The van der Waals surface area contributed by atoms with Crippen molar-refractivity contribution in [3.63, 3.8) is 0 Å². The van der Waals surface area contributed by atoms with E-state index in [0.717, 1.165) is 34.4 Å². The number of benzene rings is 2. The Bertz CT molecular complexity index is 1270. The smallest absolute Gasteiger partial charge is 0.109 e. The predicted octanol–water partition coefficient (Wildman–Crippen LogP) is 6.38. The van der Waals surface area contributed by atoms with E-state index >= 15 is 0 Å². The summed E-state index contributed by atoms with van der Waals surface area (Å²) in [4.78, 5) is 5.92. The summed E-state index contributed by atoms with van der Waals surface area (Å²) in [5, 5.41) is 8.11. The van der Waals surface area contributed by atoms with E-state index in [2.05, 4.69) is 78.3 Å². The number of thiophene rings is 1. The van der Waals surface area contributed by atoms with E-state index in [1.165, 1.54) is 10.4 Å². The maximum atomic E-state index is 4.87. The monoisotopic (exact) mass is 393 g/mol. The summed E-state index contributed by atoms with van der Waals surface area (Å²) in [7, 11) is 0. The third-order valence-corrected chi connectivity index (χ3v) is 5.66. The minimum Gasteiger partial charge on any atom is -0.267 e. The van der Waals surface area contributed by atoms with E-state index < -0.39 is 0 Å². The maximum absolute atomic E-state index is 4.87. The summed E-state index contributed by atoms with van der Waals surface area (Å²) in [6, 6.07) is 26.9. The standard InChI is InChI=1S/C25H19N3S/c1-2-7-19(8-3-1)17-28-18-21(25(27-28)24-11-6-16-29-24)13-15-22-14-12-20-9-4-5-10-23(20)26-22/h1-16,18H,17H2/b15-13+. The van der Waals surface area contributed by atoms with Crippen LogP contribution in [0.5, 0.6) is 0 Å². The molecule has 0 aliphatic heterocycles. The first kappa shape index (κ1) is 17.6. The third-order valence-electron chi connectivity index (χ3n) is 4.79. The molecule has 5 aromatic rings. The largest absolute Gasteiger partial charge is 0.267 e. The molecule has 0 aliphatic rings. The van der Waals surface area contributed by atoms with Crippen LogP contribution in [-0.2, 0) is 6.54 Å². The van der Waals surface area contributed by atoms with Crippen molar-refractivity contribution < 1.29 is 0 Å². The van der Waals surface area contributed by atoms with E-state index in [4.69, 9.17) is 10.1 Å². The molecule has 0 saturated carbocycles. The zero-order valence-electron chi connectivity index (χ0n) is 15.8. The van der Waals surface area contributed by atoms with Gasteiger partial charge in [0, 0.05) is 17.1 Å². The minimum atomic E-state index is 0.751. The number of para-hydroxylation sites is 1. The van der Waals surface area contributed by atoms with Crippen LogP contribution < -0.4 is 0 Å². The van der Waals surface area contributed by atoms with E-state index in [1.54, 1.807) is 11.3 Å². The van der Waals surface area contributed by atoms with Crippen LogP contribution in [-0.4, -0.2) is 14.8 Å². The molecule has 140 valence electrons. The Hall–Kier alpha value is -3.50. The molecule has 0 aliphatic carbocycles. The molecule has 0 unspecified atom stereocenters. The third kappa shape index (κ3) is 3.89. The van der Waals surface area contributed by atoms with Crippen LogP contribution in [0.4, 0.5) is 0 Å². The van der Waals surface area contributed by atoms with E-state index in [1.807, 2.05) is 28.9 Å². The SMILES string of the molecule is C(=C\c1cn(Cc2ccccc2)nc1-c1cccs1)/c1ccc2ccccc2n1. The highest BCUT2D eigenvalue weighted by Gasteiger charge is 2.10. The normalized spacial score (nSPS) is 11.4. The number of rotatable bonds is 5. The Balaban J connectivity index is 1.49. The molecule has 3 heterocycles. The highest BCUT2D eigenvalue weighted by atomic mass is 32.1. The number of aromatic nitrogens is 3. The van der Waals surface area contributed by atoms with Gasteiger partial charge in [0.15, 0.2) is 0 Å². The van der Waals surface area contributed by atoms with Crippen LogP contribution in [0.25, 0.3) is 33.6 Å².